The number of benzene rings is 1. The van der Waals surface area contributed by atoms with Crippen molar-refractivity contribution >= 4 is 11.5 Å². The molecule has 6 nitrogen and oxygen atoms in total. The second-order valence-electron chi connectivity index (χ2n) is 10.4. The van der Waals surface area contributed by atoms with Crippen LogP contribution in [0.25, 0.3) is 0 Å². The van der Waals surface area contributed by atoms with Crippen LogP contribution in [0.5, 0.6) is 0 Å². The Bertz CT molecular complexity index is 1290. The third kappa shape index (κ3) is 3.04. The van der Waals surface area contributed by atoms with Crippen LogP contribution in [0.2, 0.25) is 0 Å². The van der Waals surface area contributed by atoms with Gasteiger partial charge in [-0.25, -0.2) is 4.98 Å². The number of nitrogens with two attached hydrogens (primary N) is 1. The zero-order valence-electron chi connectivity index (χ0n) is 19.5. The van der Waals surface area contributed by atoms with Crippen LogP contribution in [0.1, 0.15) is 78.0 Å². The molecule has 0 bridgehead atoms. The average molecular weight is 451 g/mol. The number of nitrogens with zero attached hydrogens (tertiary/aromatic N) is 5. The molecule has 3 aromatic rings. The summed E-state index contributed by atoms with van der Waals surface area (Å²) in [6.07, 6.45) is 11.7. The van der Waals surface area contributed by atoms with Gasteiger partial charge in [0.25, 0.3) is 0 Å². The van der Waals surface area contributed by atoms with Crippen LogP contribution in [0.15, 0.2) is 53.8 Å². The highest BCUT2D eigenvalue weighted by molar-refractivity contribution is 6.11. The molecule has 1 fully saturated rings. The standard InChI is InChI=1S/C28H30N6/c29-26-20-6-2-1-5-19(20)15-28(26)11-9-18(10-12-28)22-16-31-25-23(33-22)17-32-27(25)34-14-4-7-21-24(34)8-3-13-30-21/h1-3,5-6,8,13,16,18,26H,4,7,9-12,14-15,17,29H2. The SMILES string of the molecule is NC1c2ccccc2CC12CCC(c1cnc3c(n1)CN=C3N1CCCc3ncccc31)CC2. The first-order valence-electron chi connectivity index (χ1n) is 12.7. The van der Waals surface area contributed by atoms with Gasteiger partial charge in [0, 0.05) is 30.9 Å². The van der Waals surface area contributed by atoms with E-state index in [4.69, 9.17) is 20.7 Å². The summed E-state index contributed by atoms with van der Waals surface area (Å²) in [7, 11) is 0. The van der Waals surface area contributed by atoms with Crippen LogP contribution in [-0.2, 0) is 19.4 Å². The number of aryl methyl sites for hydroxylation is 1. The Morgan fingerprint density at radius 1 is 1.00 bits per heavy atom. The van der Waals surface area contributed by atoms with Crippen molar-refractivity contribution in [2.45, 2.75) is 63.5 Å². The van der Waals surface area contributed by atoms with Crippen molar-refractivity contribution in [1.82, 2.24) is 15.0 Å². The molecule has 34 heavy (non-hydrogen) atoms. The minimum atomic E-state index is 0.161. The molecule has 2 aliphatic heterocycles. The van der Waals surface area contributed by atoms with E-state index in [-0.39, 0.29) is 11.5 Å². The molecule has 0 radical (unpaired) electrons. The number of aliphatic imine (C=N–C) groups is 1. The van der Waals surface area contributed by atoms with Crippen LogP contribution in [0.4, 0.5) is 5.69 Å². The minimum Gasteiger partial charge on any atom is -0.323 e. The zero-order chi connectivity index (χ0) is 22.7. The molecule has 0 saturated heterocycles. The summed E-state index contributed by atoms with van der Waals surface area (Å²) in [5.41, 5.74) is 15.2. The third-order valence-electron chi connectivity index (χ3n) is 8.65. The average Bonchev–Trinajstić information content (AvgIpc) is 3.43. The summed E-state index contributed by atoms with van der Waals surface area (Å²) in [4.78, 5) is 21.8. The Kier molecular flexibility index (Phi) is 4.59. The summed E-state index contributed by atoms with van der Waals surface area (Å²) >= 11 is 0. The second kappa shape index (κ2) is 7.70. The van der Waals surface area contributed by atoms with Gasteiger partial charge in [0.05, 0.1) is 29.3 Å². The molecule has 2 N–H and O–H groups in total. The summed E-state index contributed by atoms with van der Waals surface area (Å²) < 4.78 is 0. The van der Waals surface area contributed by atoms with Crippen molar-refractivity contribution in [2.24, 2.45) is 16.1 Å². The fourth-order valence-corrected chi connectivity index (χ4v) is 6.78. The summed E-state index contributed by atoms with van der Waals surface area (Å²) in [6.45, 7) is 1.57. The number of fused-ring (bicyclic) bond motifs is 3. The van der Waals surface area contributed by atoms with Gasteiger partial charge in [-0.05, 0) is 73.6 Å². The van der Waals surface area contributed by atoms with E-state index in [1.807, 2.05) is 18.5 Å². The highest BCUT2D eigenvalue weighted by Gasteiger charge is 2.46. The summed E-state index contributed by atoms with van der Waals surface area (Å²) in [6, 6.07) is 13.1. The van der Waals surface area contributed by atoms with Gasteiger partial charge in [-0.2, -0.15) is 0 Å². The molecule has 1 spiro atoms. The van der Waals surface area contributed by atoms with E-state index in [0.29, 0.717) is 12.5 Å². The van der Waals surface area contributed by atoms with Crippen molar-refractivity contribution in [1.29, 1.82) is 0 Å². The zero-order valence-corrected chi connectivity index (χ0v) is 19.5. The van der Waals surface area contributed by atoms with Crippen molar-refractivity contribution in [3.05, 3.63) is 82.7 Å². The lowest BCUT2D eigenvalue weighted by molar-refractivity contribution is 0.148. The first kappa shape index (κ1) is 20.3. The van der Waals surface area contributed by atoms with Gasteiger partial charge in [0.2, 0.25) is 0 Å². The van der Waals surface area contributed by atoms with E-state index in [2.05, 4.69) is 40.2 Å². The molecule has 1 aromatic carbocycles. The summed E-state index contributed by atoms with van der Waals surface area (Å²) in [5, 5.41) is 0. The molecule has 0 amide bonds. The van der Waals surface area contributed by atoms with E-state index >= 15 is 0 Å². The molecule has 2 aromatic heterocycles. The van der Waals surface area contributed by atoms with Gasteiger partial charge in [0.1, 0.15) is 5.69 Å². The maximum absolute atomic E-state index is 6.78. The topological polar surface area (TPSA) is 80.3 Å². The number of amidine groups is 1. The molecule has 172 valence electrons. The Balaban J connectivity index is 1.09. The normalized spacial score (nSPS) is 27.3. The number of aromatic nitrogens is 3. The van der Waals surface area contributed by atoms with Gasteiger partial charge >= 0.3 is 0 Å². The molecule has 7 rings (SSSR count). The van der Waals surface area contributed by atoms with Crippen LogP contribution >= 0.6 is 0 Å². The predicted molar refractivity (Wildman–Crippen MR) is 133 cm³/mol. The number of pyridine rings is 1. The van der Waals surface area contributed by atoms with E-state index < -0.39 is 0 Å². The molecule has 4 heterocycles. The van der Waals surface area contributed by atoms with E-state index in [1.54, 1.807) is 0 Å². The highest BCUT2D eigenvalue weighted by Crippen LogP contribution is 2.55. The van der Waals surface area contributed by atoms with E-state index in [9.17, 15) is 0 Å². The molecule has 1 atom stereocenters. The molecular weight excluding hydrogens is 420 g/mol. The van der Waals surface area contributed by atoms with Crippen LogP contribution in [0, 0.1) is 5.41 Å². The van der Waals surface area contributed by atoms with Crippen molar-refractivity contribution < 1.29 is 0 Å². The molecule has 1 unspecified atom stereocenters. The maximum atomic E-state index is 6.78. The first-order valence-corrected chi connectivity index (χ1v) is 12.7. The Morgan fingerprint density at radius 2 is 1.88 bits per heavy atom. The smallest absolute Gasteiger partial charge is 0.156 e. The Morgan fingerprint density at radius 3 is 2.76 bits per heavy atom. The highest BCUT2D eigenvalue weighted by atomic mass is 15.2. The molecule has 2 aliphatic carbocycles. The lowest BCUT2D eigenvalue weighted by atomic mass is 9.66. The lowest BCUT2D eigenvalue weighted by Crippen LogP contribution is -2.36. The van der Waals surface area contributed by atoms with Gasteiger partial charge in [-0.3, -0.25) is 15.0 Å². The lowest BCUT2D eigenvalue weighted by Gasteiger charge is -2.40. The van der Waals surface area contributed by atoms with Gasteiger partial charge in [-0.1, -0.05) is 24.3 Å². The van der Waals surface area contributed by atoms with Crippen LogP contribution < -0.4 is 10.6 Å². The molecular formula is C28H30N6. The van der Waals surface area contributed by atoms with Crippen LogP contribution in [0.3, 0.4) is 0 Å². The molecule has 6 heteroatoms. The minimum absolute atomic E-state index is 0.161. The first-order chi connectivity index (χ1) is 16.7. The largest absolute Gasteiger partial charge is 0.323 e. The van der Waals surface area contributed by atoms with Crippen LogP contribution in [-0.4, -0.2) is 27.3 Å². The maximum Gasteiger partial charge on any atom is 0.156 e. The quantitative estimate of drug-likeness (QED) is 0.591. The number of anilines is 1. The van der Waals surface area contributed by atoms with Gasteiger partial charge in [0.15, 0.2) is 5.84 Å². The number of hydrogen-bond donors (Lipinski definition) is 1. The van der Waals surface area contributed by atoms with Gasteiger partial charge < -0.3 is 10.6 Å². The predicted octanol–water partition coefficient (Wildman–Crippen LogP) is 4.48. The number of rotatable bonds is 1. The third-order valence-corrected chi connectivity index (χ3v) is 8.65. The monoisotopic (exact) mass is 450 g/mol. The number of hydrogen-bond acceptors (Lipinski definition) is 6. The van der Waals surface area contributed by atoms with E-state index in [0.717, 1.165) is 85.8 Å². The molecule has 4 aliphatic rings. The molecule has 1 saturated carbocycles. The summed E-state index contributed by atoms with van der Waals surface area (Å²) in [5.74, 6) is 1.42. The Labute approximate surface area is 200 Å². The fourth-order valence-electron chi connectivity index (χ4n) is 6.78. The second-order valence-corrected chi connectivity index (χ2v) is 10.4. The fraction of sp³-hybridized carbons (Fsp3) is 0.429. The van der Waals surface area contributed by atoms with Crippen molar-refractivity contribution in [3.63, 3.8) is 0 Å². The van der Waals surface area contributed by atoms with Gasteiger partial charge in [-0.15, -0.1) is 0 Å². The van der Waals surface area contributed by atoms with Crippen molar-refractivity contribution in [3.8, 4) is 0 Å². The van der Waals surface area contributed by atoms with E-state index in [1.165, 1.54) is 11.1 Å². The van der Waals surface area contributed by atoms with Crippen molar-refractivity contribution in [2.75, 3.05) is 11.4 Å². The Hall–Kier alpha value is -3.12.